The maximum Gasteiger partial charge on any atom is 0.191 e. The summed E-state index contributed by atoms with van der Waals surface area (Å²) in [7, 11) is 0. The van der Waals surface area contributed by atoms with Gasteiger partial charge in [0.2, 0.25) is 0 Å². The summed E-state index contributed by atoms with van der Waals surface area (Å²) in [5, 5.41) is -0.495. The van der Waals surface area contributed by atoms with Gasteiger partial charge < -0.3 is 21.8 Å². The summed E-state index contributed by atoms with van der Waals surface area (Å²) >= 11 is -2.19. The Morgan fingerprint density at radius 2 is 1.89 bits per heavy atom. The summed E-state index contributed by atoms with van der Waals surface area (Å²) in [5.41, 5.74) is 19.1. The van der Waals surface area contributed by atoms with Gasteiger partial charge in [-0.15, -0.1) is 0 Å². The highest BCUT2D eigenvalue weighted by Gasteiger charge is 2.29. The van der Waals surface area contributed by atoms with E-state index in [1.54, 1.807) is 6.07 Å². The smallest absolute Gasteiger partial charge is 0.191 e. The summed E-state index contributed by atoms with van der Waals surface area (Å²) in [6, 6.07) is 17.3. The lowest BCUT2D eigenvalue weighted by atomic mass is 9.77. The topological polar surface area (TPSA) is 131 Å². The fourth-order valence-corrected chi connectivity index (χ4v) is 3.97. The van der Waals surface area contributed by atoms with Crippen LogP contribution < -0.4 is 17.2 Å². The molecule has 0 spiro atoms. The van der Waals surface area contributed by atoms with E-state index in [1.165, 1.54) is 0 Å². The average Bonchev–Trinajstić information content (AvgIpc) is 2.65. The fraction of sp³-hybridized carbons (Fsp3) is 0.350. The molecule has 7 heteroatoms. The van der Waals surface area contributed by atoms with E-state index in [-0.39, 0.29) is 5.96 Å². The van der Waals surface area contributed by atoms with Gasteiger partial charge in [-0.1, -0.05) is 60.5 Å². The molecular weight excluding hydrogens is 360 g/mol. The number of guanidine groups is 1. The van der Waals surface area contributed by atoms with Crippen molar-refractivity contribution < 1.29 is 8.76 Å². The van der Waals surface area contributed by atoms with Crippen molar-refractivity contribution in [1.29, 1.82) is 0 Å². The highest BCUT2D eigenvalue weighted by molar-refractivity contribution is 7.79. The summed E-state index contributed by atoms with van der Waals surface area (Å²) < 4.78 is 23.7. The van der Waals surface area contributed by atoms with Crippen LogP contribution in [0.5, 0.6) is 0 Å². The fourth-order valence-electron chi connectivity index (χ4n) is 3.16. The van der Waals surface area contributed by atoms with Crippen LogP contribution in [0.2, 0.25) is 0 Å². The SMILES string of the molecule is CC(CN)(CC(CCc1ccccc1)S(=O)[O-])c1cccc(N=C(N)N)c1. The molecule has 2 rings (SSSR count). The van der Waals surface area contributed by atoms with E-state index in [4.69, 9.17) is 17.2 Å². The van der Waals surface area contributed by atoms with Gasteiger partial charge in [0.25, 0.3) is 0 Å². The second kappa shape index (κ2) is 9.64. The van der Waals surface area contributed by atoms with E-state index < -0.39 is 21.7 Å². The number of rotatable bonds is 9. The monoisotopic (exact) mass is 387 g/mol. The molecule has 27 heavy (non-hydrogen) atoms. The minimum absolute atomic E-state index is 0.0250. The third-order valence-electron chi connectivity index (χ3n) is 4.80. The number of aryl methyl sites for hydroxylation is 1. The zero-order chi connectivity index (χ0) is 19.9. The molecule has 146 valence electrons. The molecule has 0 aromatic heterocycles. The second-order valence-electron chi connectivity index (χ2n) is 6.96. The van der Waals surface area contributed by atoms with Crippen LogP contribution >= 0.6 is 0 Å². The van der Waals surface area contributed by atoms with E-state index in [2.05, 4.69) is 4.99 Å². The van der Waals surface area contributed by atoms with Crippen LogP contribution in [0.3, 0.4) is 0 Å². The van der Waals surface area contributed by atoms with Crippen molar-refractivity contribution in [2.45, 2.75) is 36.9 Å². The number of hydrogen-bond acceptors (Lipinski definition) is 4. The van der Waals surface area contributed by atoms with Crippen LogP contribution in [0.25, 0.3) is 0 Å². The molecule has 0 aliphatic heterocycles. The van der Waals surface area contributed by atoms with Crippen molar-refractivity contribution in [3.63, 3.8) is 0 Å². The van der Waals surface area contributed by atoms with E-state index in [0.29, 0.717) is 31.5 Å². The number of aliphatic imine (C=N–C) groups is 1. The summed E-state index contributed by atoms with van der Waals surface area (Å²) in [5.74, 6) is -0.0250. The number of hydrogen-bond donors (Lipinski definition) is 3. The van der Waals surface area contributed by atoms with Crippen LogP contribution in [0, 0.1) is 0 Å². The molecule has 2 aromatic rings. The molecule has 3 unspecified atom stereocenters. The Hall–Kier alpha value is -2.22. The van der Waals surface area contributed by atoms with Crippen LogP contribution in [-0.4, -0.2) is 26.5 Å². The van der Waals surface area contributed by atoms with Crippen molar-refractivity contribution in [2.75, 3.05) is 6.54 Å². The lowest BCUT2D eigenvalue weighted by molar-refractivity contribution is 0.410. The third kappa shape index (κ3) is 6.16. The normalized spacial score (nSPS) is 15.5. The van der Waals surface area contributed by atoms with E-state index in [9.17, 15) is 8.76 Å². The minimum Gasteiger partial charge on any atom is -0.772 e. The molecule has 0 heterocycles. The Bertz CT molecular complexity index is 794. The predicted octanol–water partition coefficient (Wildman–Crippen LogP) is 2.08. The van der Waals surface area contributed by atoms with Gasteiger partial charge in [-0.25, -0.2) is 4.99 Å². The van der Waals surface area contributed by atoms with Crippen LogP contribution in [-0.2, 0) is 22.9 Å². The first-order valence-corrected chi connectivity index (χ1v) is 10.00. The zero-order valence-electron chi connectivity index (χ0n) is 15.5. The van der Waals surface area contributed by atoms with E-state index in [0.717, 1.165) is 11.1 Å². The van der Waals surface area contributed by atoms with Crippen LogP contribution in [0.15, 0.2) is 59.6 Å². The molecule has 6 nitrogen and oxygen atoms in total. The second-order valence-corrected chi connectivity index (χ2v) is 8.15. The third-order valence-corrected chi connectivity index (χ3v) is 5.75. The van der Waals surface area contributed by atoms with Crippen molar-refractivity contribution in [2.24, 2.45) is 22.2 Å². The Morgan fingerprint density at radius 3 is 2.48 bits per heavy atom. The first kappa shape index (κ1) is 21.1. The lowest BCUT2D eigenvalue weighted by Crippen LogP contribution is -2.37. The molecule has 0 aliphatic carbocycles. The standard InChI is InChI=1S/C20H28N4O2S/c1-20(14-21,16-8-5-9-17(12-16)24-19(22)23)13-18(27(25)26)11-10-15-6-3-2-4-7-15/h2-9,12,18H,10-11,13-14,21H2,1H3,(H,25,26)(H4,22,23,24)/p-1. The van der Waals surface area contributed by atoms with Crippen LogP contribution in [0.4, 0.5) is 5.69 Å². The Kier molecular flexibility index (Phi) is 7.53. The van der Waals surface area contributed by atoms with Gasteiger partial charge in [0.05, 0.1) is 5.69 Å². The Labute approximate surface area is 163 Å². The van der Waals surface area contributed by atoms with Crippen LogP contribution in [0.1, 0.15) is 30.9 Å². The molecule has 3 atom stereocenters. The molecule has 2 aromatic carbocycles. The summed E-state index contributed by atoms with van der Waals surface area (Å²) in [4.78, 5) is 4.07. The van der Waals surface area contributed by atoms with Gasteiger partial charge in [0.15, 0.2) is 5.96 Å². The van der Waals surface area contributed by atoms with Gasteiger partial charge in [-0.2, -0.15) is 0 Å². The highest BCUT2D eigenvalue weighted by atomic mass is 32.2. The number of nitrogens with two attached hydrogens (primary N) is 3. The highest BCUT2D eigenvalue weighted by Crippen LogP contribution is 2.32. The molecule has 0 amide bonds. The van der Waals surface area contributed by atoms with Gasteiger partial charge >= 0.3 is 0 Å². The summed E-state index contributed by atoms with van der Waals surface area (Å²) in [6.07, 6.45) is 1.68. The molecular formula is C20H27N4O2S-. The molecule has 0 bridgehead atoms. The lowest BCUT2D eigenvalue weighted by Gasteiger charge is -2.34. The first-order valence-electron chi connectivity index (χ1n) is 8.86. The minimum atomic E-state index is -2.19. The maximum absolute atomic E-state index is 11.9. The summed E-state index contributed by atoms with van der Waals surface area (Å²) in [6.45, 7) is 2.29. The molecule has 6 N–H and O–H groups in total. The van der Waals surface area contributed by atoms with Crippen molar-refractivity contribution in [3.05, 3.63) is 65.7 Å². The van der Waals surface area contributed by atoms with Gasteiger partial charge in [0, 0.05) is 17.2 Å². The van der Waals surface area contributed by atoms with E-state index >= 15 is 0 Å². The quantitative estimate of drug-likeness (QED) is 0.344. The van der Waals surface area contributed by atoms with E-state index in [1.807, 2.05) is 55.5 Å². The van der Waals surface area contributed by atoms with Gasteiger partial charge in [-0.05, 0) is 42.5 Å². The Balaban J connectivity index is 2.20. The number of benzene rings is 2. The molecule has 0 saturated heterocycles. The van der Waals surface area contributed by atoms with Gasteiger partial charge in [0.1, 0.15) is 0 Å². The van der Waals surface area contributed by atoms with Crippen molar-refractivity contribution >= 4 is 22.7 Å². The van der Waals surface area contributed by atoms with Gasteiger partial charge in [-0.3, -0.25) is 4.21 Å². The maximum atomic E-state index is 11.9. The molecule has 0 radical (unpaired) electrons. The Morgan fingerprint density at radius 1 is 1.19 bits per heavy atom. The van der Waals surface area contributed by atoms with Crippen molar-refractivity contribution in [3.8, 4) is 0 Å². The predicted molar refractivity (Wildman–Crippen MR) is 110 cm³/mol. The zero-order valence-corrected chi connectivity index (χ0v) is 16.3. The largest absolute Gasteiger partial charge is 0.772 e. The first-order chi connectivity index (χ1) is 12.8. The van der Waals surface area contributed by atoms with Crippen molar-refractivity contribution in [1.82, 2.24) is 0 Å². The molecule has 0 fully saturated rings. The molecule has 0 aliphatic rings. The average molecular weight is 388 g/mol. The number of nitrogens with zero attached hydrogens (tertiary/aromatic N) is 1. The molecule has 0 saturated carbocycles.